The second kappa shape index (κ2) is 3.72. The number of fused-ring (bicyclic) bond motifs is 1. The first-order valence-electron chi connectivity index (χ1n) is 4.24. The molecular weight excluding hydrogens is 258 g/mol. The van der Waals surface area contributed by atoms with E-state index in [4.69, 9.17) is 5.26 Å². The van der Waals surface area contributed by atoms with Crippen LogP contribution in [-0.4, -0.2) is 0 Å². The topological polar surface area (TPSA) is 23.8 Å². The molecule has 0 aliphatic heterocycles. The third-order valence-electron chi connectivity index (χ3n) is 2.18. The Hall–Kier alpha value is -0.850. The van der Waals surface area contributed by atoms with Crippen LogP contribution in [0.25, 0.3) is 10.1 Å². The lowest BCUT2D eigenvalue weighted by atomic mass is 10.1. The van der Waals surface area contributed by atoms with E-state index in [0.29, 0.717) is 0 Å². The minimum Gasteiger partial charge on any atom is -0.192 e. The fourth-order valence-corrected chi connectivity index (χ4v) is 3.25. The molecule has 2 aromatic rings. The number of thiophene rings is 1. The molecule has 0 atom stereocenters. The number of benzene rings is 1. The fourth-order valence-electron chi connectivity index (χ4n) is 1.49. The Bertz CT molecular complexity index is 522. The molecule has 1 aromatic heterocycles. The van der Waals surface area contributed by atoms with Crippen LogP contribution in [0.2, 0.25) is 0 Å². The molecule has 70 valence electrons. The van der Waals surface area contributed by atoms with E-state index in [2.05, 4.69) is 47.1 Å². The van der Waals surface area contributed by atoms with Crippen molar-refractivity contribution in [3.63, 3.8) is 0 Å². The minimum absolute atomic E-state index is 0.749. The molecule has 0 fully saturated rings. The lowest BCUT2D eigenvalue weighted by Gasteiger charge is -1.95. The number of rotatable bonds is 1. The van der Waals surface area contributed by atoms with E-state index in [-0.39, 0.29) is 0 Å². The fraction of sp³-hybridized carbons (Fsp3) is 0.182. The van der Waals surface area contributed by atoms with Crippen molar-refractivity contribution in [2.45, 2.75) is 12.3 Å². The molecule has 0 unspecified atom stereocenters. The van der Waals surface area contributed by atoms with Gasteiger partial charge in [-0.05, 0) is 23.9 Å². The number of aryl methyl sites for hydroxylation is 1. The van der Waals surface area contributed by atoms with Crippen LogP contribution in [0, 0.1) is 18.3 Å². The molecule has 0 saturated carbocycles. The highest BCUT2D eigenvalue weighted by atomic mass is 79.9. The molecular formula is C11H8BrNS. The Morgan fingerprint density at radius 3 is 2.93 bits per heavy atom. The van der Waals surface area contributed by atoms with E-state index in [1.54, 1.807) is 11.3 Å². The summed E-state index contributed by atoms with van der Waals surface area (Å²) in [6.07, 6.45) is 0. The molecule has 1 nitrogen and oxygen atoms in total. The van der Waals surface area contributed by atoms with Crippen molar-refractivity contribution in [3.8, 4) is 6.07 Å². The van der Waals surface area contributed by atoms with E-state index >= 15 is 0 Å². The summed E-state index contributed by atoms with van der Waals surface area (Å²) in [6, 6.07) is 8.55. The standard InChI is InChI=1S/C11H8BrNS/c1-7-2-3-10-8(4-7)9(5-12)11(6-13)14-10/h2-4H,5H2,1H3. The SMILES string of the molecule is Cc1ccc2sc(C#N)c(CBr)c2c1. The summed E-state index contributed by atoms with van der Waals surface area (Å²) in [5, 5.41) is 10.9. The van der Waals surface area contributed by atoms with Crippen LogP contribution in [0.4, 0.5) is 0 Å². The van der Waals surface area contributed by atoms with Crippen molar-refractivity contribution in [3.05, 3.63) is 34.2 Å². The number of nitrogens with zero attached hydrogens (tertiary/aromatic N) is 1. The number of hydrogen-bond donors (Lipinski definition) is 0. The van der Waals surface area contributed by atoms with Gasteiger partial charge in [0.15, 0.2) is 0 Å². The van der Waals surface area contributed by atoms with Gasteiger partial charge in [0.05, 0.1) is 0 Å². The summed E-state index contributed by atoms with van der Waals surface area (Å²) in [6.45, 7) is 2.07. The first-order valence-corrected chi connectivity index (χ1v) is 6.18. The zero-order valence-corrected chi connectivity index (χ0v) is 10.1. The van der Waals surface area contributed by atoms with Crippen molar-refractivity contribution in [2.24, 2.45) is 0 Å². The largest absolute Gasteiger partial charge is 0.192 e. The van der Waals surface area contributed by atoms with Gasteiger partial charge in [-0.2, -0.15) is 5.26 Å². The van der Waals surface area contributed by atoms with E-state index in [1.807, 2.05) is 0 Å². The second-order valence-corrected chi connectivity index (χ2v) is 4.77. The molecule has 0 bridgehead atoms. The van der Waals surface area contributed by atoms with Crippen LogP contribution in [0.3, 0.4) is 0 Å². The normalized spacial score (nSPS) is 10.4. The average Bonchev–Trinajstić information content (AvgIpc) is 2.54. The van der Waals surface area contributed by atoms with E-state index in [9.17, 15) is 0 Å². The maximum absolute atomic E-state index is 8.96. The third-order valence-corrected chi connectivity index (χ3v) is 3.86. The van der Waals surface area contributed by atoms with Crippen molar-refractivity contribution in [1.29, 1.82) is 5.26 Å². The summed E-state index contributed by atoms with van der Waals surface area (Å²) in [5.41, 5.74) is 2.36. The van der Waals surface area contributed by atoms with Crippen molar-refractivity contribution in [1.82, 2.24) is 0 Å². The van der Waals surface area contributed by atoms with Gasteiger partial charge in [0.25, 0.3) is 0 Å². The highest BCUT2D eigenvalue weighted by molar-refractivity contribution is 9.08. The zero-order valence-electron chi connectivity index (χ0n) is 7.67. The van der Waals surface area contributed by atoms with Crippen LogP contribution >= 0.6 is 27.3 Å². The maximum Gasteiger partial charge on any atom is 0.110 e. The Labute approximate surface area is 95.1 Å². The molecule has 0 radical (unpaired) electrons. The van der Waals surface area contributed by atoms with E-state index < -0.39 is 0 Å². The molecule has 14 heavy (non-hydrogen) atoms. The van der Waals surface area contributed by atoms with Crippen LogP contribution in [-0.2, 0) is 5.33 Å². The van der Waals surface area contributed by atoms with Crippen molar-refractivity contribution >= 4 is 37.4 Å². The summed E-state index contributed by atoms with van der Waals surface area (Å²) in [7, 11) is 0. The van der Waals surface area contributed by atoms with Crippen molar-refractivity contribution < 1.29 is 0 Å². The summed E-state index contributed by atoms with van der Waals surface area (Å²) < 4.78 is 1.20. The summed E-state index contributed by atoms with van der Waals surface area (Å²) in [5.74, 6) is 0. The number of halogens is 1. The predicted octanol–water partition coefficient (Wildman–Crippen LogP) is 3.98. The van der Waals surface area contributed by atoms with Crippen LogP contribution in [0.5, 0.6) is 0 Å². The molecule has 0 amide bonds. The minimum atomic E-state index is 0.749. The van der Waals surface area contributed by atoms with Gasteiger partial charge in [0.1, 0.15) is 10.9 Å². The monoisotopic (exact) mass is 265 g/mol. The number of alkyl halides is 1. The Morgan fingerprint density at radius 1 is 1.50 bits per heavy atom. The maximum atomic E-state index is 8.96. The third kappa shape index (κ3) is 1.45. The molecule has 1 heterocycles. The van der Waals surface area contributed by atoms with Crippen LogP contribution < -0.4 is 0 Å². The van der Waals surface area contributed by atoms with Gasteiger partial charge in [-0.15, -0.1) is 11.3 Å². The van der Waals surface area contributed by atoms with Gasteiger partial charge in [-0.3, -0.25) is 0 Å². The van der Waals surface area contributed by atoms with Gasteiger partial charge in [-0.25, -0.2) is 0 Å². The van der Waals surface area contributed by atoms with Crippen LogP contribution in [0.15, 0.2) is 18.2 Å². The highest BCUT2D eigenvalue weighted by Gasteiger charge is 2.10. The molecule has 0 saturated heterocycles. The lowest BCUT2D eigenvalue weighted by molar-refractivity contribution is 1.45. The molecule has 2 rings (SSSR count). The predicted molar refractivity (Wildman–Crippen MR) is 63.9 cm³/mol. The highest BCUT2D eigenvalue weighted by Crippen LogP contribution is 2.32. The molecule has 1 aromatic carbocycles. The Balaban J connectivity index is 2.83. The molecule has 0 spiro atoms. The van der Waals surface area contributed by atoms with Crippen LogP contribution in [0.1, 0.15) is 16.0 Å². The second-order valence-electron chi connectivity index (χ2n) is 3.15. The Morgan fingerprint density at radius 2 is 2.29 bits per heavy atom. The van der Waals surface area contributed by atoms with Gasteiger partial charge >= 0.3 is 0 Å². The molecule has 0 aliphatic rings. The zero-order chi connectivity index (χ0) is 10.1. The van der Waals surface area contributed by atoms with E-state index in [1.165, 1.54) is 15.6 Å². The summed E-state index contributed by atoms with van der Waals surface area (Å²) >= 11 is 5.00. The molecule has 0 N–H and O–H groups in total. The average molecular weight is 266 g/mol. The quantitative estimate of drug-likeness (QED) is 0.716. The van der Waals surface area contributed by atoms with Gasteiger partial charge in [0, 0.05) is 10.0 Å². The smallest absolute Gasteiger partial charge is 0.110 e. The van der Waals surface area contributed by atoms with Gasteiger partial charge in [-0.1, -0.05) is 33.6 Å². The van der Waals surface area contributed by atoms with Crippen molar-refractivity contribution in [2.75, 3.05) is 0 Å². The molecule has 3 heteroatoms. The molecule has 0 aliphatic carbocycles. The number of hydrogen-bond acceptors (Lipinski definition) is 2. The lowest BCUT2D eigenvalue weighted by Crippen LogP contribution is -1.78. The van der Waals surface area contributed by atoms with Gasteiger partial charge in [0.2, 0.25) is 0 Å². The first kappa shape index (κ1) is 9.70. The Kier molecular flexibility index (Phi) is 2.58. The first-order chi connectivity index (χ1) is 6.76. The number of nitriles is 1. The summed E-state index contributed by atoms with van der Waals surface area (Å²) in [4.78, 5) is 0.822. The van der Waals surface area contributed by atoms with Gasteiger partial charge < -0.3 is 0 Å². The van der Waals surface area contributed by atoms with E-state index in [0.717, 1.165) is 15.8 Å².